The SMILES string of the molecule is Cc1cccc(C(=O)Nc2cccc(SC(C(=O)Nc3scc(-c4ccccc4)c3C#N)c3ccccc3)c2)c1. The summed E-state index contributed by atoms with van der Waals surface area (Å²) < 4.78 is 0. The van der Waals surface area contributed by atoms with Gasteiger partial charge in [0.2, 0.25) is 5.91 Å². The normalized spacial score (nSPS) is 11.3. The summed E-state index contributed by atoms with van der Waals surface area (Å²) in [5.74, 6) is -0.428. The number of nitriles is 1. The van der Waals surface area contributed by atoms with Crippen LogP contribution in [0.5, 0.6) is 0 Å². The van der Waals surface area contributed by atoms with Crippen LogP contribution >= 0.6 is 23.1 Å². The number of carbonyl (C=O) groups is 2. The Kier molecular flexibility index (Phi) is 8.41. The van der Waals surface area contributed by atoms with E-state index in [2.05, 4.69) is 16.7 Å². The number of carbonyl (C=O) groups excluding carboxylic acids is 2. The molecule has 5 rings (SSSR count). The van der Waals surface area contributed by atoms with Crippen molar-refractivity contribution in [3.8, 4) is 17.2 Å². The third-order valence-electron chi connectivity index (χ3n) is 6.19. The van der Waals surface area contributed by atoms with E-state index >= 15 is 0 Å². The largest absolute Gasteiger partial charge is 0.322 e. The van der Waals surface area contributed by atoms with Crippen LogP contribution in [0, 0.1) is 18.3 Å². The van der Waals surface area contributed by atoms with Crippen LogP contribution in [-0.2, 0) is 4.79 Å². The average molecular weight is 560 g/mol. The Morgan fingerprint density at radius 1 is 0.850 bits per heavy atom. The first kappa shape index (κ1) is 26.9. The topological polar surface area (TPSA) is 82.0 Å². The molecule has 0 aliphatic carbocycles. The highest BCUT2D eigenvalue weighted by atomic mass is 32.2. The van der Waals surface area contributed by atoms with Crippen molar-refractivity contribution in [2.75, 3.05) is 10.6 Å². The zero-order valence-corrected chi connectivity index (χ0v) is 23.3. The first-order valence-corrected chi connectivity index (χ1v) is 14.4. The molecule has 0 aliphatic heterocycles. The van der Waals surface area contributed by atoms with Crippen LogP contribution in [0.3, 0.4) is 0 Å². The number of nitrogens with one attached hydrogen (secondary N) is 2. The van der Waals surface area contributed by atoms with Crippen molar-refractivity contribution in [2.45, 2.75) is 17.1 Å². The molecule has 5 aromatic rings. The Labute approximate surface area is 241 Å². The van der Waals surface area contributed by atoms with Crippen molar-refractivity contribution in [2.24, 2.45) is 0 Å². The zero-order chi connectivity index (χ0) is 27.9. The molecule has 2 amide bonds. The molecular weight excluding hydrogens is 535 g/mol. The Hall–Kier alpha value is -4.64. The van der Waals surface area contributed by atoms with E-state index in [1.165, 1.54) is 23.1 Å². The molecule has 0 bridgehead atoms. The standard InChI is InChI=1S/C33H25N3O2S2/c1-22-10-8-15-25(18-22)31(37)35-26-16-9-17-27(19-26)40-30(24-13-6-3-7-14-24)32(38)36-33-28(20-34)29(21-39-33)23-11-4-2-5-12-23/h2-19,21,30H,1H3,(H,35,37)(H,36,38). The monoisotopic (exact) mass is 559 g/mol. The molecule has 0 saturated heterocycles. The molecule has 0 fully saturated rings. The Balaban J connectivity index is 1.38. The van der Waals surface area contributed by atoms with E-state index in [0.29, 0.717) is 21.8 Å². The van der Waals surface area contributed by atoms with Crippen molar-refractivity contribution in [3.63, 3.8) is 0 Å². The van der Waals surface area contributed by atoms with Gasteiger partial charge in [0, 0.05) is 27.1 Å². The minimum absolute atomic E-state index is 0.195. The number of thiophene rings is 1. The van der Waals surface area contributed by atoms with E-state index < -0.39 is 5.25 Å². The Bertz CT molecular complexity index is 1690. The van der Waals surface area contributed by atoms with Crippen LogP contribution in [0.25, 0.3) is 11.1 Å². The van der Waals surface area contributed by atoms with Gasteiger partial charge in [0.05, 0.1) is 5.56 Å². The van der Waals surface area contributed by atoms with Gasteiger partial charge in [-0.3, -0.25) is 9.59 Å². The smallest absolute Gasteiger partial charge is 0.255 e. The van der Waals surface area contributed by atoms with Crippen LogP contribution in [0.4, 0.5) is 10.7 Å². The summed E-state index contributed by atoms with van der Waals surface area (Å²) in [5, 5.41) is 17.7. The lowest BCUT2D eigenvalue weighted by molar-refractivity contribution is -0.115. The number of hydrogen-bond donors (Lipinski definition) is 2. The zero-order valence-electron chi connectivity index (χ0n) is 21.6. The molecule has 0 aliphatic rings. The van der Waals surface area contributed by atoms with E-state index in [4.69, 9.17) is 0 Å². The lowest BCUT2D eigenvalue weighted by atomic mass is 10.1. The number of hydrogen-bond acceptors (Lipinski definition) is 5. The number of amides is 2. The third kappa shape index (κ3) is 6.32. The molecule has 196 valence electrons. The summed E-state index contributed by atoms with van der Waals surface area (Å²) in [5.41, 5.74) is 5.23. The molecule has 7 heteroatoms. The summed E-state index contributed by atoms with van der Waals surface area (Å²) in [6, 6.07) is 36.3. The highest BCUT2D eigenvalue weighted by Crippen LogP contribution is 2.40. The van der Waals surface area contributed by atoms with Gasteiger partial charge < -0.3 is 10.6 Å². The average Bonchev–Trinajstić information content (AvgIpc) is 3.39. The second-order valence-corrected chi connectivity index (χ2v) is 11.1. The predicted octanol–water partition coefficient (Wildman–Crippen LogP) is 8.32. The van der Waals surface area contributed by atoms with Gasteiger partial charge >= 0.3 is 0 Å². The van der Waals surface area contributed by atoms with Gasteiger partial charge in [-0.05, 0) is 48.4 Å². The summed E-state index contributed by atoms with van der Waals surface area (Å²) in [7, 11) is 0. The van der Waals surface area contributed by atoms with E-state index in [0.717, 1.165) is 27.1 Å². The van der Waals surface area contributed by atoms with Crippen LogP contribution in [0.2, 0.25) is 0 Å². The molecule has 1 aromatic heterocycles. The van der Waals surface area contributed by atoms with E-state index in [1.807, 2.05) is 115 Å². The molecular formula is C33H25N3O2S2. The van der Waals surface area contributed by atoms with E-state index in [1.54, 1.807) is 6.07 Å². The summed E-state index contributed by atoms with van der Waals surface area (Å²) in [6.07, 6.45) is 0. The fraction of sp³-hybridized carbons (Fsp3) is 0.0606. The molecule has 0 spiro atoms. The predicted molar refractivity (Wildman–Crippen MR) is 164 cm³/mol. The van der Waals surface area contributed by atoms with Crippen molar-refractivity contribution in [1.29, 1.82) is 5.26 Å². The van der Waals surface area contributed by atoms with Gasteiger partial charge in [0.1, 0.15) is 16.3 Å². The number of nitrogens with zero attached hydrogens (tertiary/aromatic N) is 1. The maximum atomic E-state index is 13.7. The van der Waals surface area contributed by atoms with Gasteiger partial charge in [0.15, 0.2) is 0 Å². The maximum absolute atomic E-state index is 13.7. The Morgan fingerprint density at radius 3 is 2.30 bits per heavy atom. The second-order valence-electron chi connectivity index (χ2n) is 9.08. The fourth-order valence-electron chi connectivity index (χ4n) is 4.24. The minimum atomic E-state index is -0.585. The lowest BCUT2D eigenvalue weighted by Gasteiger charge is -2.17. The first-order chi connectivity index (χ1) is 19.5. The summed E-state index contributed by atoms with van der Waals surface area (Å²) in [6.45, 7) is 1.95. The van der Waals surface area contributed by atoms with E-state index in [9.17, 15) is 14.9 Å². The molecule has 1 atom stereocenters. The second kappa shape index (κ2) is 12.5. The molecule has 2 N–H and O–H groups in total. The number of thioether (sulfide) groups is 1. The maximum Gasteiger partial charge on any atom is 0.255 e. The molecule has 4 aromatic carbocycles. The van der Waals surface area contributed by atoms with Crippen molar-refractivity contribution >= 4 is 45.6 Å². The van der Waals surface area contributed by atoms with Crippen molar-refractivity contribution in [3.05, 3.63) is 137 Å². The summed E-state index contributed by atoms with van der Waals surface area (Å²) >= 11 is 2.72. The van der Waals surface area contributed by atoms with Gasteiger partial charge in [-0.1, -0.05) is 84.4 Å². The van der Waals surface area contributed by atoms with E-state index in [-0.39, 0.29) is 11.8 Å². The lowest BCUT2D eigenvalue weighted by Crippen LogP contribution is -2.19. The van der Waals surface area contributed by atoms with Crippen LogP contribution in [-0.4, -0.2) is 11.8 Å². The fourth-order valence-corrected chi connectivity index (χ4v) is 6.25. The number of rotatable bonds is 8. The van der Waals surface area contributed by atoms with Crippen molar-refractivity contribution < 1.29 is 9.59 Å². The van der Waals surface area contributed by atoms with Gasteiger partial charge in [-0.15, -0.1) is 23.1 Å². The number of anilines is 2. The van der Waals surface area contributed by atoms with Crippen LogP contribution < -0.4 is 10.6 Å². The molecule has 5 nitrogen and oxygen atoms in total. The van der Waals surface area contributed by atoms with Crippen LogP contribution in [0.15, 0.2) is 119 Å². The minimum Gasteiger partial charge on any atom is -0.322 e. The Morgan fingerprint density at radius 2 is 1.57 bits per heavy atom. The highest BCUT2D eigenvalue weighted by Gasteiger charge is 2.25. The molecule has 40 heavy (non-hydrogen) atoms. The van der Waals surface area contributed by atoms with Crippen LogP contribution in [0.1, 0.15) is 32.3 Å². The van der Waals surface area contributed by atoms with Gasteiger partial charge in [-0.25, -0.2) is 0 Å². The molecule has 0 saturated carbocycles. The molecule has 0 radical (unpaired) electrons. The third-order valence-corrected chi connectivity index (χ3v) is 8.33. The van der Waals surface area contributed by atoms with Gasteiger partial charge in [-0.2, -0.15) is 5.26 Å². The number of aryl methyl sites for hydroxylation is 1. The number of benzene rings is 4. The van der Waals surface area contributed by atoms with Crippen molar-refractivity contribution in [1.82, 2.24) is 0 Å². The molecule has 1 unspecified atom stereocenters. The highest BCUT2D eigenvalue weighted by molar-refractivity contribution is 8.00. The molecule has 1 heterocycles. The quantitative estimate of drug-likeness (QED) is 0.187. The summed E-state index contributed by atoms with van der Waals surface area (Å²) in [4.78, 5) is 27.3. The first-order valence-electron chi connectivity index (χ1n) is 12.6. The van der Waals surface area contributed by atoms with Gasteiger partial charge in [0.25, 0.3) is 5.91 Å².